The Labute approximate surface area is 139 Å². The molecule has 2 heterocycles. The second-order valence-electron chi connectivity index (χ2n) is 5.70. The lowest BCUT2D eigenvalue weighted by Gasteiger charge is -2.10. The number of furan rings is 1. The normalized spacial score (nSPS) is 12.1. The summed E-state index contributed by atoms with van der Waals surface area (Å²) in [4.78, 5) is 5.75. The molecule has 1 aromatic carbocycles. The smallest absolute Gasteiger partial charge is 0.190 e. The molecule has 0 amide bonds. The maximum atomic E-state index is 5.56. The Kier molecular flexibility index (Phi) is 4.67. The van der Waals surface area contributed by atoms with E-state index in [1.54, 1.807) is 24.7 Å². The minimum absolute atomic E-state index is 0.521. The van der Waals surface area contributed by atoms with E-state index in [0.717, 1.165) is 34.2 Å². The average molecular weight is 328 g/mol. The Morgan fingerprint density at radius 1 is 1.22 bits per heavy atom. The predicted molar refractivity (Wildman–Crippen MR) is 93.1 cm³/mol. The molecule has 23 heavy (non-hydrogen) atoms. The van der Waals surface area contributed by atoms with Gasteiger partial charge in [-0.15, -0.1) is 11.3 Å². The molecule has 0 radical (unpaired) electrons. The molecule has 0 unspecified atom stereocenters. The minimum atomic E-state index is 0.521. The predicted octanol–water partition coefficient (Wildman–Crippen LogP) is 4.71. The molecule has 0 saturated heterocycles. The molecule has 120 valence electrons. The summed E-state index contributed by atoms with van der Waals surface area (Å²) in [5, 5.41) is 2.10. The zero-order chi connectivity index (χ0) is 16.2. The molecule has 0 bridgehead atoms. The molecule has 0 aliphatic carbocycles. The van der Waals surface area contributed by atoms with Gasteiger partial charge >= 0.3 is 0 Å². The second kappa shape index (κ2) is 6.87. The lowest BCUT2D eigenvalue weighted by Crippen LogP contribution is -2.18. The summed E-state index contributed by atoms with van der Waals surface area (Å²) < 4.78 is 13.0. The topological polar surface area (TPSA) is 39.7 Å². The second-order valence-corrected chi connectivity index (χ2v) is 6.53. The largest absolute Gasteiger partial charge is 0.497 e. The van der Waals surface area contributed by atoms with Crippen LogP contribution in [-0.4, -0.2) is 11.7 Å². The highest BCUT2D eigenvalue weighted by atomic mass is 32.1. The zero-order valence-electron chi connectivity index (χ0n) is 13.5. The van der Waals surface area contributed by atoms with Crippen LogP contribution >= 0.6 is 11.3 Å². The number of thiazole rings is 1. The van der Waals surface area contributed by atoms with Gasteiger partial charge in [0.1, 0.15) is 5.75 Å². The number of rotatable bonds is 5. The van der Waals surface area contributed by atoms with E-state index in [2.05, 4.69) is 23.8 Å². The minimum Gasteiger partial charge on any atom is -0.497 e. The summed E-state index contributed by atoms with van der Waals surface area (Å²) in [5.41, 5.74) is 1.98. The lowest BCUT2D eigenvalue weighted by molar-refractivity contribution is 0.415. The standard InChI is InChI=1S/C18H20N2O2S/c1-13(2)11-20-16(17-5-4-10-22-17)12-23-18(20)19-14-6-8-15(21-3)9-7-14/h4-10,12-13H,11H2,1-3H3. The Morgan fingerprint density at radius 3 is 2.61 bits per heavy atom. The van der Waals surface area contributed by atoms with E-state index in [-0.39, 0.29) is 0 Å². The van der Waals surface area contributed by atoms with E-state index in [0.29, 0.717) is 5.92 Å². The number of methoxy groups -OCH3 is 1. The van der Waals surface area contributed by atoms with E-state index in [1.807, 2.05) is 36.4 Å². The van der Waals surface area contributed by atoms with Gasteiger partial charge in [-0.25, -0.2) is 4.99 Å². The first-order valence-corrected chi connectivity index (χ1v) is 8.46. The third-order valence-electron chi connectivity index (χ3n) is 3.42. The summed E-state index contributed by atoms with van der Waals surface area (Å²) in [7, 11) is 1.66. The molecule has 3 aromatic rings. The van der Waals surface area contributed by atoms with Crippen LogP contribution in [0.2, 0.25) is 0 Å². The molecular weight excluding hydrogens is 308 g/mol. The third kappa shape index (κ3) is 3.56. The van der Waals surface area contributed by atoms with Crippen molar-refractivity contribution < 1.29 is 9.15 Å². The van der Waals surface area contributed by atoms with E-state index in [1.165, 1.54) is 0 Å². The number of ether oxygens (including phenoxy) is 1. The van der Waals surface area contributed by atoms with Crippen LogP contribution in [0.15, 0.2) is 57.5 Å². The number of nitrogens with zero attached hydrogens (tertiary/aromatic N) is 2. The van der Waals surface area contributed by atoms with Gasteiger partial charge in [0, 0.05) is 11.9 Å². The van der Waals surface area contributed by atoms with Crippen LogP contribution in [-0.2, 0) is 6.54 Å². The van der Waals surface area contributed by atoms with Gasteiger partial charge in [-0.05, 0) is 42.3 Å². The maximum Gasteiger partial charge on any atom is 0.190 e. The first-order valence-electron chi connectivity index (χ1n) is 7.58. The molecular formula is C18H20N2O2S. The van der Waals surface area contributed by atoms with Crippen LogP contribution in [0, 0.1) is 5.92 Å². The summed E-state index contributed by atoms with van der Waals surface area (Å²) in [5.74, 6) is 2.23. The van der Waals surface area contributed by atoms with Crippen molar-refractivity contribution in [2.75, 3.05) is 7.11 Å². The van der Waals surface area contributed by atoms with E-state index < -0.39 is 0 Å². The van der Waals surface area contributed by atoms with Crippen molar-refractivity contribution in [2.24, 2.45) is 10.9 Å². The van der Waals surface area contributed by atoms with Crippen LogP contribution in [0.5, 0.6) is 5.75 Å². The highest BCUT2D eigenvalue weighted by Gasteiger charge is 2.11. The molecule has 0 atom stereocenters. The van der Waals surface area contributed by atoms with Crippen LogP contribution in [0.3, 0.4) is 0 Å². The van der Waals surface area contributed by atoms with Crippen LogP contribution in [0.25, 0.3) is 11.5 Å². The fourth-order valence-corrected chi connectivity index (χ4v) is 3.27. The summed E-state index contributed by atoms with van der Waals surface area (Å²) in [6.07, 6.45) is 1.70. The van der Waals surface area contributed by atoms with Gasteiger partial charge in [0.15, 0.2) is 10.6 Å². The van der Waals surface area contributed by atoms with Crippen molar-refractivity contribution in [2.45, 2.75) is 20.4 Å². The van der Waals surface area contributed by atoms with Crippen LogP contribution in [0.4, 0.5) is 5.69 Å². The quantitative estimate of drug-likeness (QED) is 0.680. The van der Waals surface area contributed by atoms with E-state index in [9.17, 15) is 0 Å². The van der Waals surface area contributed by atoms with Gasteiger partial charge in [0.2, 0.25) is 0 Å². The molecule has 0 aliphatic rings. The van der Waals surface area contributed by atoms with Crippen molar-refractivity contribution in [3.63, 3.8) is 0 Å². The number of hydrogen-bond donors (Lipinski definition) is 0. The Hall–Kier alpha value is -2.27. The molecule has 0 aliphatic heterocycles. The van der Waals surface area contributed by atoms with Gasteiger partial charge in [0.05, 0.1) is 24.8 Å². The highest BCUT2D eigenvalue weighted by Crippen LogP contribution is 2.23. The fourth-order valence-electron chi connectivity index (χ4n) is 2.35. The Bertz CT molecular complexity index is 812. The molecule has 0 spiro atoms. The van der Waals surface area contributed by atoms with Gasteiger partial charge < -0.3 is 13.7 Å². The summed E-state index contributed by atoms with van der Waals surface area (Å²) in [6, 6.07) is 11.7. The van der Waals surface area contributed by atoms with E-state index >= 15 is 0 Å². The molecule has 2 aromatic heterocycles. The zero-order valence-corrected chi connectivity index (χ0v) is 14.3. The molecule has 0 fully saturated rings. The lowest BCUT2D eigenvalue weighted by atomic mass is 10.2. The average Bonchev–Trinajstić information content (AvgIpc) is 3.18. The third-order valence-corrected chi connectivity index (χ3v) is 4.28. The van der Waals surface area contributed by atoms with E-state index in [4.69, 9.17) is 14.1 Å². The Morgan fingerprint density at radius 2 is 2.00 bits per heavy atom. The van der Waals surface area contributed by atoms with Crippen molar-refractivity contribution >= 4 is 17.0 Å². The van der Waals surface area contributed by atoms with Crippen LogP contribution in [0.1, 0.15) is 13.8 Å². The molecule has 0 N–H and O–H groups in total. The maximum absolute atomic E-state index is 5.56. The molecule has 0 saturated carbocycles. The molecule has 5 heteroatoms. The van der Waals surface area contributed by atoms with Gasteiger partial charge in [0.25, 0.3) is 0 Å². The van der Waals surface area contributed by atoms with Crippen molar-refractivity contribution in [1.29, 1.82) is 0 Å². The number of benzene rings is 1. The van der Waals surface area contributed by atoms with Gasteiger partial charge in [-0.1, -0.05) is 13.8 Å². The number of hydrogen-bond acceptors (Lipinski definition) is 4. The molecule has 3 rings (SSSR count). The van der Waals surface area contributed by atoms with Crippen molar-refractivity contribution in [1.82, 2.24) is 4.57 Å². The van der Waals surface area contributed by atoms with Gasteiger partial charge in [-0.3, -0.25) is 0 Å². The van der Waals surface area contributed by atoms with Crippen molar-refractivity contribution in [3.05, 3.63) is 52.8 Å². The first-order chi connectivity index (χ1) is 11.2. The Balaban J connectivity index is 2.05. The van der Waals surface area contributed by atoms with Gasteiger partial charge in [-0.2, -0.15) is 0 Å². The number of aromatic nitrogens is 1. The van der Waals surface area contributed by atoms with Crippen LogP contribution < -0.4 is 9.54 Å². The SMILES string of the molecule is COc1ccc(N=c2scc(-c3ccco3)n2CC(C)C)cc1. The van der Waals surface area contributed by atoms with Crippen molar-refractivity contribution in [3.8, 4) is 17.2 Å². The monoisotopic (exact) mass is 328 g/mol. The summed E-state index contributed by atoms with van der Waals surface area (Å²) in [6.45, 7) is 5.30. The molecule has 4 nitrogen and oxygen atoms in total. The fraction of sp³-hybridized carbons (Fsp3) is 0.278. The highest BCUT2D eigenvalue weighted by molar-refractivity contribution is 7.07. The first kappa shape index (κ1) is 15.6. The summed E-state index contributed by atoms with van der Waals surface area (Å²) >= 11 is 1.63.